The lowest BCUT2D eigenvalue weighted by atomic mass is 9.51. The van der Waals surface area contributed by atoms with Crippen molar-refractivity contribution in [3.8, 4) is 0 Å². The summed E-state index contributed by atoms with van der Waals surface area (Å²) < 4.78 is 5.92. The molecule has 0 bridgehead atoms. The second-order valence-corrected chi connectivity index (χ2v) is 7.92. The molecule has 1 aromatic rings. The van der Waals surface area contributed by atoms with Gasteiger partial charge in [0.15, 0.2) is 5.96 Å². The molecule has 0 radical (unpaired) electrons. The monoisotopic (exact) mass is 464 g/mol. The highest BCUT2D eigenvalue weighted by Crippen LogP contribution is 2.57. The maximum absolute atomic E-state index is 5.92. The molecule has 0 saturated heterocycles. The smallest absolute Gasteiger partial charge is 0.191 e. The van der Waals surface area contributed by atoms with E-state index in [1.807, 2.05) is 7.05 Å². The molecule has 0 amide bonds. The third-order valence-corrected chi connectivity index (χ3v) is 6.46. The number of aromatic nitrogens is 1. The molecule has 2 fully saturated rings. The second kappa shape index (κ2) is 8.31. The van der Waals surface area contributed by atoms with Crippen molar-refractivity contribution in [3.05, 3.63) is 15.6 Å². The summed E-state index contributed by atoms with van der Waals surface area (Å²) in [4.78, 5) is 10.2. The van der Waals surface area contributed by atoms with Gasteiger partial charge in [-0.15, -0.1) is 35.3 Å². The molecule has 1 aromatic heterocycles. The highest BCUT2D eigenvalue weighted by Gasteiger charge is 2.59. The van der Waals surface area contributed by atoms with Crippen LogP contribution < -0.4 is 10.6 Å². The summed E-state index contributed by atoms with van der Waals surface area (Å²) >= 11 is 1.75. The minimum Gasteiger partial charge on any atom is -0.378 e. The van der Waals surface area contributed by atoms with Gasteiger partial charge in [-0.25, -0.2) is 4.98 Å². The van der Waals surface area contributed by atoms with Crippen LogP contribution in [0.25, 0.3) is 0 Å². The molecule has 3 rings (SSSR count). The normalized spacial score (nSPS) is 24.8. The van der Waals surface area contributed by atoms with Crippen molar-refractivity contribution in [2.75, 3.05) is 13.7 Å². The lowest BCUT2D eigenvalue weighted by molar-refractivity contribution is -0.168. The fourth-order valence-electron chi connectivity index (χ4n) is 3.90. The summed E-state index contributed by atoms with van der Waals surface area (Å²) in [7, 11) is 1.84. The molecule has 2 aliphatic rings. The molecule has 2 aliphatic carbocycles. The largest absolute Gasteiger partial charge is 0.378 e. The van der Waals surface area contributed by atoms with Gasteiger partial charge in [-0.1, -0.05) is 6.42 Å². The van der Waals surface area contributed by atoms with Gasteiger partial charge in [-0.2, -0.15) is 0 Å². The van der Waals surface area contributed by atoms with E-state index in [0.29, 0.717) is 17.6 Å². The number of nitrogens with zero attached hydrogens (tertiary/aromatic N) is 2. The summed E-state index contributed by atoms with van der Waals surface area (Å²) in [5.41, 5.74) is 1.47. The van der Waals surface area contributed by atoms with Gasteiger partial charge in [-0.05, 0) is 40.0 Å². The SMILES string of the molecule is CCOC1CC(NC(=NC)NCc2sc(C)nc2C)C12CCC2.I. The van der Waals surface area contributed by atoms with Crippen molar-refractivity contribution in [3.63, 3.8) is 0 Å². The molecule has 24 heavy (non-hydrogen) atoms. The van der Waals surface area contributed by atoms with E-state index in [1.165, 1.54) is 24.1 Å². The molecule has 2 unspecified atom stereocenters. The van der Waals surface area contributed by atoms with E-state index in [9.17, 15) is 0 Å². The Bertz CT molecular complexity index is 585. The van der Waals surface area contributed by atoms with Crippen LogP contribution in [0.5, 0.6) is 0 Å². The number of nitrogens with one attached hydrogen (secondary N) is 2. The van der Waals surface area contributed by atoms with Crippen LogP contribution >= 0.6 is 35.3 Å². The van der Waals surface area contributed by atoms with Gasteiger partial charge >= 0.3 is 0 Å². The number of hydrogen-bond acceptors (Lipinski definition) is 4. The van der Waals surface area contributed by atoms with Crippen LogP contribution in [0.1, 0.15) is 48.2 Å². The van der Waals surface area contributed by atoms with Gasteiger partial charge in [0.05, 0.1) is 23.4 Å². The zero-order valence-corrected chi connectivity index (χ0v) is 18.2. The summed E-state index contributed by atoms with van der Waals surface area (Å²) in [6, 6.07) is 0.489. The summed E-state index contributed by atoms with van der Waals surface area (Å²) in [5, 5.41) is 8.18. The fraction of sp³-hybridized carbons (Fsp3) is 0.765. The summed E-state index contributed by atoms with van der Waals surface area (Å²) in [6.07, 6.45) is 5.41. The average molecular weight is 464 g/mol. The Morgan fingerprint density at radius 3 is 2.67 bits per heavy atom. The first kappa shape index (κ1) is 19.9. The van der Waals surface area contributed by atoms with Crippen molar-refractivity contribution in [2.24, 2.45) is 10.4 Å². The van der Waals surface area contributed by atoms with E-state index >= 15 is 0 Å². The van der Waals surface area contributed by atoms with Gasteiger partial charge in [0, 0.05) is 30.0 Å². The standard InChI is InChI=1S/C17H28N4OS.HI/c1-5-22-15-9-14(17(15)7-6-8-17)21-16(18-4)19-10-13-11(2)20-12(3)23-13;/h14-15H,5-10H2,1-4H3,(H2,18,19,21);1H. The lowest BCUT2D eigenvalue weighted by Gasteiger charge is -2.61. The molecule has 1 spiro atoms. The second-order valence-electron chi connectivity index (χ2n) is 6.63. The van der Waals surface area contributed by atoms with Gasteiger partial charge in [0.2, 0.25) is 0 Å². The molecule has 0 aromatic carbocycles. The fourth-order valence-corrected chi connectivity index (χ4v) is 4.78. The molecular formula is C17H29IN4OS. The van der Waals surface area contributed by atoms with E-state index < -0.39 is 0 Å². The predicted molar refractivity (Wildman–Crippen MR) is 110 cm³/mol. The first-order valence-corrected chi connectivity index (χ1v) is 9.42. The number of halogens is 1. The number of aryl methyl sites for hydroxylation is 2. The third-order valence-electron chi connectivity index (χ3n) is 5.39. The van der Waals surface area contributed by atoms with E-state index in [4.69, 9.17) is 4.74 Å². The Morgan fingerprint density at radius 2 is 2.17 bits per heavy atom. The van der Waals surface area contributed by atoms with Crippen LogP contribution in [0.2, 0.25) is 0 Å². The van der Waals surface area contributed by atoms with Crippen LogP contribution in [0, 0.1) is 19.3 Å². The van der Waals surface area contributed by atoms with Crippen LogP contribution in [-0.4, -0.2) is 36.7 Å². The number of ether oxygens (including phenoxy) is 1. The van der Waals surface area contributed by atoms with Crippen molar-refractivity contribution in [2.45, 2.75) is 65.1 Å². The Labute approximate surface area is 166 Å². The number of aliphatic imine (C=N–C) groups is 1. The van der Waals surface area contributed by atoms with Crippen LogP contribution in [0.3, 0.4) is 0 Å². The van der Waals surface area contributed by atoms with Crippen LogP contribution in [-0.2, 0) is 11.3 Å². The van der Waals surface area contributed by atoms with Gasteiger partial charge in [-0.3, -0.25) is 4.99 Å². The number of guanidine groups is 1. The highest BCUT2D eigenvalue weighted by atomic mass is 127. The Hall–Kier alpha value is -0.410. The van der Waals surface area contributed by atoms with Crippen molar-refractivity contribution < 1.29 is 4.74 Å². The topological polar surface area (TPSA) is 58.5 Å². The molecule has 2 atom stereocenters. The minimum absolute atomic E-state index is 0. The van der Waals surface area contributed by atoms with Crippen LogP contribution in [0.4, 0.5) is 0 Å². The van der Waals surface area contributed by atoms with E-state index in [1.54, 1.807) is 11.3 Å². The number of rotatable bonds is 5. The number of thiazole rings is 1. The van der Waals surface area contributed by atoms with Gasteiger partial charge in [0.25, 0.3) is 0 Å². The molecule has 0 aliphatic heterocycles. The highest BCUT2D eigenvalue weighted by molar-refractivity contribution is 14.0. The zero-order chi connectivity index (χ0) is 16.4. The maximum atomic E-state index is 5.92. The first-order chi connectivity index (χ1) is 11.1. The van der Waals surface area contributed by atoms with E-state index in [2.05, 4.69) is 41.4 Å². The first-order valence-electron chi connectivity index (χ1n) is 8.60. The molecule has 136 valence electrons. The van der Waals surface area contributed by atoms with Gasteiger partial charge < -0.3 is 15.4 Å². The lowest BCUT2D eigenvalue weighted by Crippen LogP contribution is -2.68. The maximum Gasteiger partial charge on any atom is 0.191 e. The minimum atomic E-state index is 0. The predicted octanol–water partition coefficient (Wildman–Crippen LogP) is 3.39. The summed E-state index contributed by atoms with van der Waals surface area (Å²) in [5.74, 6) is 0.890. The van der Waals surface area contributed by atoms with Crippen molar-refractivity contribution in [1.82, 2.24) is 15.6 Å². The Balaban J connectivity index is 0.00000208. The van der Waals surface area contributed by atoms with E-state index in [-0.39, 0.29) is 24.0 Å². The third kappa shape index (κ3) is 3.72. The zero-order valence-electron chi connectivity index (χ0n) is 15.0. The quantitative estimate of drug-likeness (QED) is 0.399. The molecule has 1 heterocycles. The molecule has 2 N–H and O–H groups in total. The van der Waals surface area contributed by atoms with E-state index in [0.717, 1.165) is 36.2 Å². The van der Waals surface area contributed by atoms with Crippen LogP contribution in [0.15, 0.2) is 4.99 Å². The Morgan fingerprint density at radius 1 is 1.42 bits per heavy atom. The molecule has 5 nitrogen and oxygen atoms in total. The molecular weight excluding hydrogens is 435 g/mol. The number of hydrogen-bond donors (Lipinski definition) is 2. The van der Waals surface area contributed by atoms with Crippen molar-refractivity contribution in [1.29, 1.82) is 0 Å². The van der Waals surface area contributed by atoms with Crippen molar-refractivity contribution >= 4 is 41.3 Å². The molecule has 7 heteroatoms. The van der Waals surface area contributed by atoms with Gasteiger partial charge in [0.1, 0.15) is 0 Å². The Kier molecular flexibility index (Phi) is 6.90. The molecule has 2 saturated carbocycles. The summed E-state index contributed by atoms with van der Waals surface area (Å²) in [6.45, 7) is 7.81. The average Bonchev–Trinajstić information content (AvgIpc) is 2.77.